The summed E-state index contributed by atoms with van der Waals surface area (Å²) in [5, 5.41) is 3.31. The average molecular weight is 235 g/mol. The Morgan fingerprint density at radius 3 is 2.53 bits per heavy atom. The zero-order chi connectivity index (χ0) is 12.5. The van der Waals surface area contributed by atoms with Crippen LogP contribution in [-0.2, 0) is 0 Å². The maximum absolute atomic E-state index is 5.55. The molecular weight excluding hydrogens is 214 g/mol. The van der Waals surface area contributed by atoms with Crippen LogP contribution in [0, 0.1) is 0 Å². The molecule has 0 saturated carbocycles. The van der Waals surface area contributed by atoms with Crippen LogP contribution in [0.1, 0.15) is 20.3 Å². The number of ether oxygens (including phenoxy) is 2. The molecule has 3 heteroatoms. The average Bonchev–Trinajstić information content (AvgIpc) is 2.33. The van der Waals surface area contributed by atoms with Crippen LogP contribution in [0.25, 0.3) is 0 Å². The van der Waals surface area contributed by atoms with Crippen LogP contribution >= 0.6 is 0 Å². The summed E-state index contributed by atoms with van der Waals surface area (Å²) in [7, 11) is 0. The van der Waals surface area contributed by atoms with E-state index in [-0.39, 0.29) is 0 Å². The maximum atomic E-state index is 5.55. The molecule has 0 radical (unpaired) electrons. The molecule has 0 spiro atoms. The molecule has 1 rings (SSSR count). The van der Waals surface area contributed by atoms with E-state index in [1.807, 2.05) is 38.1 Å². The normalized spacial score (nSPS) is 9.76. The molecule has 0 aliphatic carbocycles. The first-order chi connectivity index (χ1) is 8.31. The lowest BCUT2D eigenvalue weighted by atomic mass is 10.2. The lowest BCUT2D eigenvalue weighted by Gasteiger charge is -2.13. The van der Waals surface area contributed by atoms with Crippen molar-refractivity contribution in [2.75, 3.05) is 25.1 Å². The molecule has 0 bridgehead atoms. The highest BCUT2D eigenvalue weighted by atomic mass is 16.5. The maximum Gasteiger partial charge on any atom is 0.163 e. The second kappa shape index (κ2) is 7.60. The van der Waals surface area contributed by atoms with Gasteiger partial charge in [0.1, 0.15) is 0 Å². The van der Waals surface area contributed by atoms with Gasteiger partial charge >= 0.3 is 0 Å². The van der Waals surface area contributed by atoms with Crippen molar-refractivity contribution in [1.82, 2.24) is 0 Å². The van der Waals surface area contributed by atoms with E-state index < -0.39 is 0 Å². The standard InChI is InChI=1S/C14H21NO2/c1-4-7-10-15-12-8-9-13(16-5-2)14(11-12)17-6-3/h4,8-9,11,15H,1,5-7,10H2,2-3H3. The molecule has 0 amide bonds. The van der Waals surface area contributed by atoms with Crippen molar-refractivity contribution in [2.45, 2.75) is 20.3 Å². The Hall–Kier alpha value is -1.64. The van der Waals surface area contributed by atoms with Gasteiger partial charge in [0, 0.05) is 18.3 Å². The van der Waals surface area contributed by atoms with Gasteiger partial charge in [0.15, 0.2) is 11.5 Å². The number of rotatable bonds is 8. The summed E-state index contributed by atoms with van der Waals surface area (Å²) in [6.45, 7) is 9.78. The largest absolute Gasteiger partial charge is 0.490 e. The molecule has 0 fully saturated rings. The Morgan fingerprint density at radius 2 is 1.88 bits per heavy atom. The van der Waals surface area contributed by atoms with E-state index in [1.54, 1.807) is 0 Å². The van der Waals surface area contributed by atoms with Crippen LogP contribution in [0.2, 0.25) is 0 Å². The van der Waals surface area contributed by atoms with Crippen LogP contribution < -0.4 is 14.8 Å². The van der Waals surface area contributed by atoms with Crippen LogP contribution in [0.3, 0.4) is 0 Å². The summed E-state index contributed by atoms with van der Waals surface area (Å²) in [5.41, 5.74) is 1.04. The summed E-state index contributed by atoms with van der Waals surface area (Å²) < 4.78 is 11.1. The fraction of sp³-hybridized carbons (Fsp3) is 0.429. The minimum Gasteiger partial charge on any atom is -0.490 e. The van der Waals surface area contributed by atoms with Crippen molar-refractivity contribution in [1.29, 1.82) is 0 Å². The Balaban J connectivity index is 2.73. The summed E-state index contributed by atoms with van der Waals surface area (Å²) in [4.78, 5) is 0. The number of hydrogen-bond acceptors (Lipinski definition) is 3. The highest BCUT2D eigenvalue weighted by Gasteiger charge is 2.05. The third kappa shape index (κ3) is 4.39. The van der Waals surface area contributed by atoms with Crippen LogP contribution in [0.4, 0.5) is 5.69 Å². The molecule has 1 aromatic carbocycles. The van der Waals surface area contributed by atoms with Crippen LogP contribution in [0.5, 0.6) is 11.5 Å². The SMILES string of the molecule is C=CCCNc1ccc(OCC)c(OCC)c1. The molecule has 17 heavy (non-hydrogen) atoms. The van der Waals surface area contributed by atoms with Gasteiger partial charge in [-0.2, -0.15) is 0 Å². The third-order valence-electron chi connectivity index (χ3n) is 2.22. The molecule has 0 unspecified atom stereocenters. The fourth-order valence-electron chi connectivity index (χ4n) is 1.48. The van der Waals surface area contributed by atoms with Crippen molar-refractivity contribution >= 4 is 5.69 Å². The number of benzene rings is 1. The summed E-state index contributed by atoms with van der Waals surface area (Å²) in [5.74, 6) is 1.58. The first-order valence-corrected chi connectivity index (χ1v) is 6.06. The molecule has 0 aliphatic rings. The topological polar surface area (TPSA) is 30.5 Å². The van der Waals surface area contributed by atoms with E-state index in [4.69, 9.17) is 9.47 Å². The van der Waals surface area contributed by atoms with Gasteiger partial charge < -0.3 is 14.8 Å². The Labute approximate surface area is 103 Å². The molecule has 1 aromatic rings. The van der Waals surface area contributed by atoms with Crippen molar-refractivity contribution in [3.05, 3.63) is 30.9 Å². The Morgan fingerprint density at radius 1 is 1.18 bits per heavy atom. The second-order valence-electron chi connectivity index (χ2n) is 3.53. The smallest absolute Gasteiger partial charge is 0.163 e. The molecule has 0 heterocycles. The first kappa shape index (κ1) is 13.4. The van der Waals surface area contributed by atoms with Gasteiger partial charge in [-0.15, -0.1) is 6.58 Å². The fourth-order valence-corrected chi connectivity index (χ4v) is 1.48. The Bertz CT molecular complexity index is 350. The zero-order valence-corrected chi connectivity index (χ0v) is 10.7. The van der Waals surface area contributed by atoms with Crippen LogP contribution in [0.15, 0.2) is 30.9 Å². The summed E-state index contributed by atoms with van der Waals surface area (Å²) >= 11 is 0. The summed E-state index contributed by atoms with van der Waals surface area (Å²) in [6, 6.07) is 5.90. The predicted octanol–water partition coefficient (Wildman–Crippen LogP) is 3.47. The molecule has 0 saturated heterocycles. The summed E-state index contributed by atoms with van der Waals surface area (Å²) in [6.07, 6.45) is 2.84. The van der Waals surface area contributed by atoms with Gasteiger partial charge in [0.25, 0.3) is 0 Å². The monoisotopic (exact) mass is 235 g/mol. The quantitative estimate of drug-likeness (QED) is 0.553. The van der Waals surface area contributed by atoms with Crippen LogP contribution in [-0.4, -0.2) is 19.8 Å². The lowest BCUT2D eigenvalue weighted by molar-refractivity contribution is 0.288. The van der Waals surface area contributed by atoms with Gasteiger partial charge in [-0.05, 0) is 32.4 Å². The Kier molecular flexibility index (Phi) is 6.00. The molecule has 94 valence electrons. The molecule has 1 N–H and O–H groups in total. The molecule has 0 aromatic heterocycles. The second-order valence-corrected chi connectivity index (χ2v) is 3.53. The third-order valence-corrected chi connectivity index (χ3v) is 2.22. The van der Waals surface area contributed by atoms with Gasteiger partial charge in [-0.1, -0.05) is 6.08 Å². The first-order valence-electron chi connectivity index (χ1n) is 6.06. The minimum atomic E-state index is 0.635. The predicted molar refractivity (Wildman–Crippen MR) is 72.1 cm³/mol. The van der Waals surface area contributed by atoms with E-state index >= 15 is 0 Å². The van der Waals surface area contributed by atoms with E-state index in [0.29, 0.717) is 13.2 Å². The molecule has 0 aliphatic heterocycles. The van der Waals surface area contributed by atoms with Crippen molar-refractivity contribution in [2.24, 2.45) is 0 Å². The highest BCUT2D eigenvalue weighted by Crippen LogP contribution is 2.30. The van der Waals surface area contributed by atoms with Crippen molar-refractivity contribution < 1.29 is 9.47 Å². The number of hydrogen-bond donors (Lipinski definition) is 1. The van der Waals surface area contributed by atoms with E-state index in [9.17, 15) is 0 Å². The number of anilines is 1. The van der Waals surface area contributed by atoms with Crippen molar-refractivity contribution in [3.63, 3.8) is 0 Å². The van der Waals surface area contributed by atoms with E-state index in [0.717, 1.165) is 30.2 Å². The van der Waals surface area contributed by atoms with E-state index in [2.05, 4.69) is 11.9 Å². The van der Waals surface area contributed by atoms with Gasteiger partial charge in [0.2, 0.25) is 0 Å². The lowest BCUT2D eigenvalue weighted by Crippen LogP contribution is -2.02. The minimum absolute atomic E-state index is 0.635. The van der Waals surface area contributed by atoms with E-state index in [1.165, 1.54) is 0 Å². The van der Waals surface area contributed by atoms with Gasteiger partial charge in [-0.25, -0.2) is 0 Å². The zero-order valence-electron chi connectivity index (χ0n) is 10.7. The molecule has 3 nitrogen and oxygen atoms in total. The molecule has 0 atom stereocenters. The molecular formula is C14H21NO2. The number of nitrogens with one attached hydrogen (secondary N) is 1. The van der Waals surface area contributed by atoms with Gasteiger partial charge in [-0.3, -0.25) is 0 Å². The van der Waals surface area contributed by atoms with Gasteiger partial charge in [0.05, 0.1) is 13.2 Å². The highest BCUT2D eigenvalue weighted by molar-refractivity contribution is 5.54. The van der Waals surface area contributed by atoms with Crippen molar-refractivity contribution in [3.8, 4) is 11.5 Å².